The molecule has 1 N–H and O–H groups in total. The van der Waals surface area contributed by atoms with Crippen molar-refractivity contribution in [2.24, 2.45) is 0 Å². The van der Waals surface area contributed by atoms with Gasteiger partial charge >= 0.3 is 0 Å². The van der Waals surface area contributed by atoms with E-state index < -0.39 is 6.04 Å². The van der Waals surface area contributed by atoms with Gasteiger partial charge in [-0.1, -0.05) is 80.0 Å². The number of benzene rings is 2. The van der Waals surface area contributed by atoms with Crippen LogP contribution in [0.5, 0.6) is 0 Å². The lowest BCUT2D eigenvalue weighted by atomic mass is 9.86. The van der Waals surface area contributed by atoms with Crippen LogP contribution in [0.25, 0.3) is 0 Å². The molecule has 0 bridgehead atoms. The third-order valence-electron chi connectivity index (χ3n) is 5.43. The van der Waals surface area contributed by atoms with Gasteiger partial charge in [0.05, 0.1) is 0 Å². The minimum absolute atomic E-state index is 0.0121. The highest BCUT2D eigenvalue weighted by atomic mass is 79.9. The first kappa shape index (κ1) is 25.1. The molecule has 4 nitrogen and oxygen atoms in total. The Kier molecular flexibility index (Phi) is 9.30. The zero-order valence-corrected chi connectivity index (χ0v) is 21.0. The van der Waals surface area contributed by atoms with Crippen molar-refractivity contribution >= 4 is 27.7 Å². The topological polar surface area (TPSA) is 49.4 Å². The van der Waals surface area contributed by atoms with E-state index in [9.17, 15) is 9.59 Å². The number of hydrogen-bond donors (Lipinski definition) is 1. The number of nitrogens with one attached hydrogen (secondary N) is 1. The van der Waals surface area contributed by atoms with Crippen LogP contribution < -0.4 is 5.32 Å². The molecule has 168 valence electrons. The number of amides is 2. The fourth-order valence-electron chi connectivity index (χ4n) is 3.33. The molecule has 2 rings (SSSR count). The van der Waals surface area contributed by atoms with E-state index >= 15 is 0 Å². The second-order valence-corrected chi connectivity index (χ2v) is 9.98. The SMILES string of the molecule is CCCNC(=O)[C@@H](C)N(Cc1ccc(Br)cc1)C(=O)CCc1ccc(C(C)(C)C)cc1. The summed E-state index contributed by atoms with van der Waals surface area (Å²) < 4.78 is 0.988. The molecule has 0 heterocycles. The summed E-state index contributed by atoms with van der Waals surface area (Å²) in [6, 6.07) is 15.8. The van der Waals surface area contributed by atoms with Crippen molar-refractivity contribution in [3.05, 3.63) is 69.7 Å². The average molecular weight is 487 g/mol. The molecule has 0 saturated heterocycles. The number of halogens is 1. The lowest BCUT2D eigenvalue weighted by Crippen LogP contribution is -2.47. The summed E-state index contributed by atoms with van der Waals surface area (Å²) >= 11 is 3.44. The summed E-state index contributed by atoms with van der Waals surface area (Å²) in [6.45, 7) is 11.4. The number of carbonyl (C=O) groups is 2. The highest BCUT2D eigenvalue weighted by Crippen LogP contribution is 2.23. The maximum Gasteiger partial charge on any atom is 0.242 e. The highest BCUT2D eigenvalue weighted by Gasteiger charge is 2.25. The summed E-state index contributed by atoms with van der Waals surface area (Å²) in [4.78, 5) is 27.4. The number of nitrogens with zero attached hydrogens (tertiary/aromatic N) is 1. The van der Waals surface area contributed by atoms with E-state index in [-0.39, 0.29) is 17.2 Å². The first-order chi connectivity index (χ1) is 14.6. The van der Waals surface area contributed by atoms with Crippen LogP contribution in [0.3, 0.4) is 0 Å². The van der Waals surface area contributed by atoms with Crippen molar-refractivity contribution in [1.29, 1.82) is 0 Å². The number of aryl methyl sites for hydroxylation is 1. The van der Waals surface area contributed by atoms with Gasteiger partial charge < -0.3 is 10.2 Å². The first-order valence-corrected chi connectivity index (χ1v) is 11.8. The Hall–Kier alpha value is -2.14. The molecule has 0 aromatic heterocycles. The highest BCUT2D eigenvalue weighted by molar-refractivity contribution is 9.10. The molecular formula is C26H35BrN2O2. The van der Waals surface area contributed by atoms with Crippen molar-refractivity contribution in [3.8, 4) is 0 Å². The smallest absolute Gasteiger partial charge is 0.242 e. The molecule has 0 aliphatic heterocycles. The fourth-order valence-corrected chi connectivity index (χ4v) is 3.60. The average Bonchev–Trinajstić information content (AvgIpc) is 2.74. The number of hydrogen-bond acceptors (Lipinski definition) is 2. The van der Waals surface area contributed by atoms with Gasteiger partial charge in [0.1, 0.15) is 6.04 Å². The number of rotatable bonds is 9. The molecule has 0 aliphatic carbocycles. The van der Waals surface area contributed by atoms with Gasteiger partial charge in [-0.3, -0.25) is 9.59 Å². The van der Waals surface area contributed by atoms with E-state index in [0.29, 0.717) is 25.9 Å². The lowest BCUT2D eigenvalue weighted by molar-refractivity contribution is -0.140. The Morgan fingerprint density at radius 3 is 2.13 bits per heavy atom. The molecule has 0 spiro atoms. The molecule has 2 aromatic carbocycles. The second-order valence-electron chi connectivity index (χ2n) is 9.06. The molecule has 0 radical (unpaired) electrons. The maximum absolute atomic E-state index is 13.2. The molecule has 1 atom stereocenters. The molecule has 0 aliphatic rings. The van der Waals surface area contributed by atoms with Crippen molar-refractivity contribution < 1.29 is 9.59 Å². The molecule has 5 heteroatoms. The van der Waals surface area contributed by atoms with Crippen LogP contribution in [-0.2, 0) is 28.0 Å². The molecule has 31 heavy (non-hydrogen) atoms. The zero-order valence-electron chi connectivity index (χ0n) is 19.4. The third kappa shape index (κ3) is 7.80. The Bertz CT molecular complexity index is 854. The van der Waals surface area contributed by atoms with Crippen molar-refractivity contribution in [2.45, 2.75) is 71.9 Å². The van der Waals surface area contributed by atoms with E-state index in [1.54, 1.807) is 11.8 Å². The van der Waals surface area contributed by atoms with Crippen LogP contribution in [0.4, 0.5) is 0 Å². The van der Waals surface area contributed by atoms with Gasteiger partial charge in [0.25, 0.3) is 0 Å². The third-order valence-corrected chi connectivity index (χ3v) is 5.96. The summed E-state index contributed by atoms with van der Waals surface area (Å²) in [6.07, 6.45) is 1.89. The summed E-state index contributed by atoms with van der Waals surface area (Å²) in [5, 5.41) is 2.92. The van der Waals surface area contributed by atoms with E-state index in [1.165, 1.54) is 5.56 Å². The fraction of sp³-hybridized carbons (Fsp3) is 0.462. The van der Waals surface area contributed by atoms with Gasteiger partial charge in [-0.25, -0.2) is 0 Å². The van der Waals surface area contributed by atoms with E-state index in [0.717, 1.165) is 22.0 Å². The van der Waals surface area contributed by atoms with Crippen LogP contribution in [0.2, 0.25) is 0 Å². The predicted octanol–water partition coefficient (Wildman–Crippen LogP) is 5.62. The molecule has 0 unspecified atom stereocenters. The lowest BCUT2D eigenvalue weighted by Gasteiger charge is -2.29. The molecule has 0 fully saturated rings. The molecule has 0 saturated carbocycles. The number of carbonyl (C=O) groups excluding carboxylic acids is 2. The minimum Gasteiger partial charge on any atom is -0.354 e. The zero-order chi connectivity index (χ0) is 23.0. The Morgan fingerprint density at radius 2 is 1.58 bits per heavy atom. The summed E-state index contributed by atoms with van der Waals surface area (Å²) in [5.41, 5.74) is 3.52. The molecule has 2 amide bonds. The van der Waals surface area contributed by atoms with E-state index in [1.807, 2.05) is 31.2 Å². The first-order valence-electron chi connectivity index (χ1n) is 11.0. The Labute approximate surface area is 195 Å². The van der Waals surface area contributed by atoms with Crippen molar-refractivity contribution in [3.63, 3.8) is 0 Å². The Morgan fingerprint density at radius 1 is 1.00 bits per heavy atom. The maximum atomic E-state index is 13.2. The van der Waals surface area contributed by atoms with Crippen LogP contribution in [0.1, 0.15) is 64.2 Å². The second kappa shape index (κ2) is 11.5. The van der Waals surface area contributed by atoms with Gasteiger partial charge in [0.2, 0.25) is 11.8 Å². The van der Waals surface area contributed by atoms with E-state index in [4.69, 9.17) is 0 Å². The molecular weight excluding hydrogens is 452 g/mol. The van der Waals surface area contributed by atoms with Crippen LogP contribution in [0.15, 0.2) is 53.0 Å². The summed E-state index contributed by atoms with van der Waals surface area (Å²) in [5.74, 6) is -0.121. The summed E-state index contributed by atoms with van der Waals surface area (Å²) in [7, 11) is 0. The normalized spacial score (nSPS) is 12.3. The predicted molar refractivity (Wildman–Crippen MR) is 131 cm³/mol. The Balaban J connectivity index is 2.10. The van der Waals surface area contributed by atoms with Gasteiger partial charge in [-0.05, 0) is 54.0 Å². The van der Waals surface area contributed by atoms with Gasteiger partial charge in [-0.2, -0.15) is 0 Å². The van der Waals surface area contributed by atoms with Crippen LogP contribution in [-0.4, -0.2) is 29.3 Å². The standard InChI is InChI=1S/C26H35BrN2O2/c1-6-17-28-25(31)19(2)29(18-21-9-14-23(27)15-10-21)24(30)16-11-20-7-12-22(13-8-20)26(3,4)5/h7-10,12-15,19H,6,11,16-18H2,1-5H3,(H,28,31)/t19-/m1/s1. The quantitative estimate of drug-likeness (QED) is 0.499. The van der Waals surface area contributed by atoms with E-state index in [2.05, 4.69) is 66.3 Å². The van der Waals surface area contributed by atoms with Crippen molar-refractivity contribution in [1.82, 2.24) is 10.2 Å². The molecule has 2 aromatic rings. The largest absolute Gasteiger partial charge is 0.354 e. The van der Waals surface area contributed by atoms with Crippen LogP contribution in [0, 0.1) is 0 Å². The van der Waals surface area contributed by atoms with Gasteiger partial charge in [0, 0.05) is 24.0 Å². The monoisotopic (exact) mass is 486 g/mol. The minimum atomic E-state index is -0.522. The van der Waals surface area contributed by atoms with Crippen LogP contribution >= 0.6 is 15.9 Å². The van der Waals surface area contributed by atoms with Gasteiger partial charge in [0.15, 0.2) is 0 Å². The van der Waals surface area contributed by atoms with Gasteiger partial charge in [-0.15, -0.1) is 0 Å². The van der Waals surface area contributed by atoms with Crippen molar-refractivity contribution in [2.75, 3.05) is 6.54 Å².